The van der Waals surface area contributed by atoms with E-state index in [1.807, 2.05) is 25.3 Å². The Bertz CT molecular complexity index is 2320. The van der Waals surface area contributed by atoms with Crippen LogP contribution in [0.2, 0.25) is 0 Å². The molecule has 3 fully saturated rings. The van der Waals surface area contributed by atoms with Crippen LogP contribution in [0.4, 0.5) is 0 Å². The van der Waals surface area contributed by atoms with Crippen molar-refractivity contribution in [3.8, 4) is 22.5 Å². The lowest BCUT2D eigenvalue weighted by Gasteiger charge is -2.37. The van der Waals surface area contributed by atoms with Gasteiger partial charge in [-0.05, 0) is 75.3 Å². The molecule has 6 bridgehead atoms. The number of ether oxygens (including phenoxy) is 3. The molecule has 0 spiro atoms. The monoisotopic (exact) mass is 867 g/mol. The highest BCUT2D eigenvalue weighted by Crippen LogP contribution is 2.48. The lowest BCUT2D eigenvalue weighted by Crippen LogP contribution is -2.61. The van der Waals surface area contributed by atoms with Gasteiger partial charge >= 0.3 is 5.97 Å². The van der Waals surface area contributed by atoms with E-state index in [2.05, 4.69) is 67.3 Å². The quantitative estimate of drug-likeness (QED) is 0.184. The average molecular weight is 868 g/mol. The lowest BCUT2D eigenvalue weighted by molar-refractivity contribution is -0.155. The largest absolute Gasteiger partial charge is 0.464 e. The fourth-order valence-electron chi connectivity index (χ4n) is 9.79. The third-order valence-corrected chi connectivity index (χ3v) is 14.3. The van der Waals surface area contributed by atoms with Crippen LogP contribution in [0.25, 0.3) is 33.4 Å². The maximum Gasteiger partial charge on any atom is 0.324 e. The number of hydrazine groups is 1. The summed E-state index contributed by atoms with van der Waals surface area (Å²) in [5.74, 6) is -2.76. The number of esters is 1. The number of pyridine rings is 1. The lowest BCUT2D eigenvalue weighted by atomic mass is 9.84. The molecular weight excluding hydrogens is 807 g/mol. The van der Waals surface area contributed by atoms with Crippen LogP contribution in [-0.2, 0) is 46.4 Å². The van der Waals surface area contributed by atoms with Crippen molar-refractivity contribution in [3.05, 3.63) is 58.2 Å². The van der Waals surface area contributed by atoms with Crippen molar-refractivity contribution >= 4 is 45.9 Å². The van der Waals surface area contributed by atoms with E-state index >= 15 is 0 Å². The fourth-order valence-corrected chi connectivity index (χ4v) is 10.8. The molecule has 3 aromatic heterocycles. The second kappa shape index (κ2) is 18.2. The maximum atomic E-state index is 14.9. The molecule has 1 aliphatic carbocycles. The van der Waals surface area contributed by atoms with Gasteiger partial charge in [0.05, 0.1) is 59.8 Å². The summed E-state index contributed by atoms with van der Waals surface area (Å²) in [7, 11) is 1.70. The second-order valence-corrected chi connectivity index (χ2v) is 19.1. The molecule has 8 rings (SSSR count). The minimum absolute atomic E-state index is 0.0409. The van der Waals surface area contributed by atoms with Gasteiger partial charge < -0.3 is 29.0 Å². The Balaban J connectivity index is 1.22. The van der Waals surface area contributed by atoms with E-state index in [-0.39, 0.29) is 36.4 Å². The number of amides is 3. The summed E-state index contributed by atoms with van der Waals surface area (Å²) < 4.78 is 19.8. The van der Waals surface area contributed by atoms with Crippen molar-refractivity contribution in [2.45, 2.75) is 104 Å². The minimum atomic E-state index is -0.994. The Labute approximate surface area is 368 Å². The zero-order valence-electron chi connectivity index (χ0n) is 37.1. The first-order valence-electron chi connectivity index (χ1n) is 22.4. The van der Waals surface area contributed by atoms with Crippen LogP contribution < -0.4 is 10.7 Å². The first-order valence-corrected chi connectivity index (χ1v) is 23.2. The van der Waals surface area contributed by atoms with Crippen LogP contribution in [-0.4, -0.2) is 107 Å². The van der Waals surface area contributed by atoms with Gasteiger partial charge in [-0.15, -0.1) is 11.3 Å². The Hall–Kier alpha value is -4.70. The van der Waals surface area contributed by atoms with Gasteiger partial charge in [0.1, 0.15) is 12.1 Å². The van der Waals surface area contributed by atoms with E-state index in [0.29, 0.717) is 65.1 Å². The van der Waals surface area contributed by atoms with Crippen molar-refractivity contribution in [1.82, 2.24) is 35.2 Å². The van der Waals surface area contributed by atoms with Gasteiger partial charge in [0, 0.05) is 78.2 Å². The van der Waals surface area contributed by atoms with Gasteiger partial charge in [0.15, 0.2) is 0 Å². The van der Waals surface area contributed by atoms with Gasteiger partial charge in [0.2, 0.25) is 11.8 Å². The number of morpholine rings is 1. The van der Waals surface area contributed by atoms with Gasteiger partial charge in [-0.3, -0.25) is 29.2 Å². The third-order valence-electron chi connectivity index (χ3n) is 13.3. The first kappa shape index (κ1) is 43.9. The molecule has 3 amide bonds. The molecule has 15 heteroatoms. The van der Waals surface area contributed by atoms with Crippen molar-refractivity contribution in [2.24, 2.45) is 23.2 Å². The van der Waals surface area contributed by atoms with Crippen LogP contribution in [0.15, 0.2) is 41.9 Å². The van der Waals surface area contributed by atoms with Crippen molar-refractivity contribution < 1.29 is 33.4 Å². The van der Waals surface area contributed by atoms with E-state index in [1.165, 1.54) is 16.3 Å². The molecule has 0 radical (unpaired) electrons. The zero-order chi connectivity index (χ0) is 43.9. The minimum Gasteiger partial charge on any atom is -0.464 e. The summed E-state index contributed by atoms with van der Waals surface area (Å²) in [6.07, 6.45) is 4.54. The predicted molar refractivity (Wildman–Crippen MR) is 237 cm³/mol. The molecule has 2 N–H and O–H groups in total. The molecule has 4 aliphatic rings. The number of hydrogen-bond acceptors (Lipinski definition) is 11. The van der Waals surface area contributed by atoms with Gasteiger partial charge in [-0.25, -0.2) is 10.4 Å². The molecule has 332 valence electrons. The van der Waals surface area contributed by atoms with Gasteiger partial charge in [-0.1, -0.05) is 40.2 Å². The Morgan fingerprint density at radius 2 is 1.90 bits per heavy atom. The number of nitrogens with one attached hydrogen (secondary N) is 2. The number of fused-ring (bicyclic) bond motifs is 6. The standard InChI is InChI=1S/C47H61N7O7S/c1-8-12-31-40(50-42(55)37-27(3)38(37)44(56)52-19-21-60-22-20-52)45(57)54-18-11-14-34(51-54)46(58)61-26-47(5,6)24-33-32-23-29(35-25-62-43(31)49-35)15-16-36(32)53(9-2)41(33)30-13-10-17-48-39(30)28(4)59-7/h10,13,15-17,23,25,27-28,31,34,37-38,40,51H,8-9,11-12,14,18-22,24,26H2,1-7H3,(H,50,55)/t27-,28+,31+,34+,37-,38-,40+/m1/s1. The highest BCUT2D eigenvalue weighted by atomic mass is 32.1. The first-order chi connectivity index (χ1) is 29.8. The molecule has 4 aromatic rings. The number of cyclic esters (lactones) is 1. The Morgan fingerprint density at radius 1 is 1.11 bits per heavy atom. The number of rotatable bonds is 9. The van der Waals surface area contributed by atoms with E-state index in [9.17, 15) is 19.2 Å². The van der Waals surface area contributed by atoms with Gasteiger partial charge in [0.25, 0.3) is 5.91 Å². The molecule has 1 saturated carbocycles. The van der Waals surface area contributed by atoms with Crippen LogP contribution >= 0.6 is 11.3 Å². The number of hydrogen-bond donors (Lipinski definition) is 2. The molecule has 0 unspecified atom stereocenters. The summed E-state index contributed by atoms with van der Waals surface area (Å²) >= 11 is 1.49. The number of methoxy groups -OCH3 is 1. The number of aryl methyl sites for hydroxylation is 1. The number of thiazole rings is 1. The predicted octanol–water partition coefficient (Wildman–Crippen LogP) is 6.28. The fraction of sp³-hybridized carbons (Fsp3) is 0.574. The third kappa shape index (κ3) is 8.52. The van der Waals surface area contributed by atoms with Crippen LogP contribution in [0.3, 0.4) is 0 Å². The van der Waals surface area contributed by atoms with Crippen LogP contribution in [0, 0.1) is 23.2 Å². The summed E-state index contributed by atoms with van der Waals surface area (Å²) in [6.45, 7) is 15.5. The van der Waals surface area contributed by atoms with Crippen LogP contribution in [0.1, 0.15) is 95.5 Å². The molecule has 1 aromatic carbocycles. The number of carbonyl (C=O) groups is 4. The van der Waals surface area contributed by atoms with E-state index < -0.39 is 41.2 Å². The highest BCUT2D eigenvalue weighted by Gasteiger charge is 2.58. The summed E-state index contributed by atoms with van der Waals surface area (Å²) in [4.78, 5) is 68.5. The van der Waals surface area contributed by atoms with Crippen molar-refractivity contribution in [1.29, 1.82) is 0 Å². The number of nitrogens with zero attached hydrogens (tertiary/aromatic N) is 5. The summed E-state index contributed by atoms with van der Waals surface area (Å²) in [6, 6.07) is 8.80. The second-order valence-electron chi connectivity index (χ2n) is 18.2. The van der Waals surface area contributed by atoms with Crippen molar-refractivity contribution in [2.75, 3.05) is 46.6 Å². The number of carbonyl (C=O) groups excluding carboxylic acids is 4. The smallest absolute Gasteiger partial charge is 0.324 e. The number of benzene rings is 1. The van der Waals surface area contributed by atoms with Crippen LogP contribution in [0.5, 0.6) is 0 Å². The molecule has 6 heterocycles. The molecule has 62 heavy (non-hydrogen) atoms. The molecular formula is C47H61N7O7S. The molecule has 7 atom stereocenters. The molecule has 2 saturated heterocycles. The zero-order valence-corrected chi connectivity index (χ0v) is 37.9. The Morgan fingerprint density at radius 3 is 2.65 bits per heavy atom. The molecule has 3 aliphatic heterocycles. The Kier molecular flexibility index (Phi) is 12.9. The maximum absolute atomic E-state index is 14.9. The topological polar surface area (TPSA) is 157 Å². The highest BCUT2D eigenvalue weighted by molar-refractivity contribution is 7.10. The summed E-state index contributed by atoms with van der Waals surface area (Å²) in [5.41, 5.74) is 9.52. The summed E-state index contributed by atoms with van der Waals surface area (Å²) in [5, 5.41) is 8.51. The SMILES string of the molecule is CCC[C@@H]1c2nc(cs2)-c2ccc3c(c2)c(c(-c2cccnc2[C@H](C)OC)n3CC)CC(C)(C)COC(=O)[C@@H]2CCCN(N2)C(=O)[C@H]1NC(=O)[C@@H]1[C@@H](C)[C@H]1C(=O)N1CCOCC1. The van der Waals surface area contributed by atoms with Gasteiger partial charge in [-0.2, -0.15) is 0 Å². The molecule has 14 nitrogen and oxygen atoms in total. The van der Waals surface area contributed by atoms with E-state index in [4.69, 9.17) is 24.2 Å². The van der Waals surface area contributed by atoms with E-state index in [0.717, 1.165) is 56.1 Å². The van der Waals surface area contributed by atoms with Crippen molar-refractivity contribution in [3.63, 3.8) is 0 Å². The normalized spacial score (nSPS) is 25.9. The average Bonchev–Trinajstić information content (AvgIpc) is 3.57. The van der Waals surface area contributed by atoms with E-state index in [1.54, 1.807) is 18.2 Å². The number of aromatic nitrogens is 3.